The molecule has 0 heterocycles. The van der Waals surface area contributed by atoms with Gasteiger partial charge in [-0.05, 0) is 10.1 Å². The van der Waals surface area contributed by atoms with E-state index >= 15 is 0 Å². The molecule has 0 atom stereocenters. The molecule has 0 aliphatic rings. The van der Waals surface area contributed by atoms with Crippen LogP contribution in [0.1, 0.15) is 41.5 Å². The van der Waals surface area contributed by atoms with Crippen molar-refractivity contribution in [3.63, 3.8) is 0 Å². The van der Waals surface area contributed by atoms with Gasteiger partial charge in [0.1, 0.15) is 0 Å². The van der Waals surface area contributed by atoms with Crippen molar-refractivity contribution in [2.75, 3.05) is 0 Å². The number of carbonyl (C=O) groups excluding carboxylic acids is 2. The molecule has 0 aromatic carbocycles. The van der Waals surface area contributed by atoms with E-state index in [1.165, 1.54) is 0 Å². The molecule has 4 nitrogen and oxygen atoms in total. The van der Waals surface area contributed by atoms with Crippen molar-refractivity contribution in [1.29, 1.82) is 0 Å². The van der Waals surface area contributed by atoms with E-state index in [4.69, 9.17) is 0 Å². The van der Waals surface area contributed by atoms with Gasteiger partial charge >= 0.3 is 0 Å². The molecule has 6 heteroatoms. The lowest BCUT2D eigenvalue weighted by Gasteiger charge is -2.63. The van der Waals surface area contributed by atoms with Gasteiger partial charge in [0.2, 0.25) is 0 Å². The molecule has 0 N–H and O–H groups in total. The van der Waals surface area contributed by atoms with E-state index in [-0.39, 0.29) is 0 Å². The number of carboxylic acids is 2. The van der Waals surface area contributed by atoms with Crippen molar-refractivity contribution < 1.29 is 19.8 Å². The lowest BCUT2D eigenvalue weighted by atomic mass is 10.2. The quantitative estimate of drug-likeness (QED) is 0.581. The Morgan fingerprint density at radius 2 is 0.857 bits per heavy atom. The predicted octanol–water partition coefficient (Wildman–Crippen LogP) is 1.78. The first kappa shape index (κ1) is 20.4. The molecule has 0 aliphatic heterocycles. The third-order valence-corrected chi connectivity index (χ3v) is 22.1. The molecule has 0 spiro atoms. The first-order valence-electron chi connectivity index (χ1n) is 7.32. The number of hydrogen-bond donors (Lipinski definition) is 0. The molecular formula is C15H30O4Si2-2. The molecule has 0 amide bonds. The van der Waals surface area contributed by atoms with Gasteiger partial charge in [-0.25, -0.2) is 0 Å². The Labute approximate surface area is 131 Å². The zero-order valence-electron chi connectivity index (χ0n) is 15.1. The molecule has 0 radical (unpaired) electrons. The number of carboxylic acid groups (broad SMARTS) is 2. The Balaban J connectivity index is 6.88. The van der Waals surface area contributed by atoms with E-state index in [1.54, 1.807) is 0 Å². The number of rotatable bonds is 4. The molecule has 0 rings (SSSR count). The average Bonchev–Trinajstić information content (AvgIpc) is 2.11. The van der Waals surface area contributed by atoms with Crippen LogP contribution in [-0.2, 0) is 9.59 Å². The van der Waals surface area contributed by atoms with Crippen molar-refractivity contribution in [3.05, 3.63) is 0 Å². The van der Waals surface area contributed by atoms with Crippen molar-refractivity contribution in [2.45, 2.75) is 82.5 Å². The van der Waals surface area contributed by atoms with Crippen molar-refractivity contribution in [1.82, 2.24) is 0 Å². The first-order chi connectivity index (χ1) is 8.89. The fourth-order valence-electron chi connectivity index (χ4n) is 3.01. The van der Waals surface area contributed by atoms with Gasteiger partial charge in [-0.2, -0.15) is 0 Å². The molecule has 0 aliphatic carbocycles. The lowest BCUT2D eigenvalue weighted by molar-refractivity contribution is -0.326. The second-order valence-corrected chi connectivity index (χ2v) is 20.6. The highest BCUT2D eigenvalue weighted by atomic mass is 28.4. The molecule has 0 aromatic rings. The minimum atomic E-state index is -2.82. The summed E-state index contributed by atoms with van der Waals surface area (Å²) in [6.07, 6.45) is 0. The smallest absolute Gasteiger partial charge is 0.0693 e. The van der Waals surface area contributed by atoms with Gasteiger partial charge in [0, 0.05) is 16.6 Å². The summed E-state index contributed by atoms with van der Waals surface area (Å²) in [5, 5.41) is 23.6. The zero-order valence-corrected chi connectivity index (χ0v) is 17.1. The third-order valence-electron chi connectivity index (χ3n) is 6.24. The summed E-state index contributed by atoms with van der Waals surface area (Å²) in [7, 11) is -5.64. The van der Waals surface area contributed by atoms with E-state index in [0.29, 0.717) is 0 Å². The van der Waals surface area contributed by atoms with Gasteiger partial charge in [-0.15, -0.1) is 0 Å². The molecule has 0 aromatic heterocycles. The maximum Gasteiger partial charge on any atom is 0.0693 e. The minimum Gasteiger partial charge on any atom is -0.550 e. The molecule has 124 valence electrons. The van der Waals surface area contributed by atoms with Crippen LogP contribution in [0.5, 0.6) is 0 Å². The maximum absolute atomic E-state index is 12.2. The summed E-state index contributed by atoms with van der Waals surface area (Å²) in [6.45, 7) is 18.9. The molecule has 21 heavy (non-hydrogen) atoms. The van der Waals surface area contributed by atoms with Crippen molar-refractivity contribution in [2.24, 2.45) is 0 Å². The second-order valence-electron chi connectivity index (χ2n) is 9.07. The summed E-state index contributed by atoms with van der Waals surface area (Å²) in [5.41, 5.74) is 0. The number of hydrogen-bond acceptors (Lipinski definition) is 4. The highest BCUT2D eigenvalue weighted by Gasteiger charge is 2.65. The van der Waals surface area contributed by atoms with Gasteiger partial charge in [-0.1, -0.05) is 67.7 Å². The fourth-order valence-corrected chi connectivity index (χ4v) is 15.8. The molecular weight excluding hydrogens is 300 g/mol. The summed E-state index contributed by atoms with van der Waals surface area (Å²) >= 11 is 0. The van der Waals surface area contributed by atoms with Crippen LogP contribution >= 0.6 is 0 Å². The minimum absolute atomic E-state index is 0.400. The highest BCUT2D eigenvalue weighted by molar-refractivity contribution is 7.09. The van der Waals surface area contributed by atoms with Gasteiger partial charge in [0.15, 0.2) is 0 Å². The van der Waals surface area contributed by atoms with Gasteiger partial charge in [0.25, 0.3) is 0 Å². The summed E-state index contributed by atoms with van der Waals surface area (Å²) in [5.74, 6) is -2.92. The lowest BCUT2D eigenvalue weighted by Crippen LogP contribution is -2.75. The van der Waals surface area contributed by atoms with Crippen LogP contribution in [0.15, 0.2) is 0 Å². The van der Waals surface area contributed by atoms with E-state index in [0.717, 1.165) is 0 Å². The Bertz CT molecular complexity index is 398. The van der Waals surface area contributed by atoms with E-state index in [2.05, 4.69) is 0 Å². The average molecular weight is 331 g/mol. The van der Waals surface area contributed by atoms with Crippen LogP contribution in [0.3, 0.4) is 0 Å². The Morgan fingerprint density at radius 3 is 0.952 bits per heavy atom. The highest BCUT2D eigenvalue weighted by Crippen LogP contribution is 2.61. The van der Waals surface area contributed by atoms with Crippen LogP contribution in [0.4, 0.5) is 0 Å². The third kappa shape index (κ3) is 2.61. The summed E-state index contributed by atoms with van der Waals surface area (Å²) in [4.78, 5) is 24.4. The van der Waals surface area contributed by atoms with Crippen LogP contribution in [0.25, 0.3) is 0 Å². The largest absolute Gasteiger partial charge is 0.550 e. The van der Waals surface area contributed by atoms with Crippen LogP contribution in [-0.4, -0.2) is 28.1 Å². The molecule has 0 fully saturated rings. The van der Waals surface area contributed by atoms with E-state index in [9.17, 15) is 19.8 Å². The van der Waals surface area contributed by atoms with E-state index in [1.807, 2.05) is 67.7 Å². The molecule has 0 unspecified atom stereocenters. The summed E-state index contributed by atoms with van der Waals surface area (Å²) < 4.78 is -1.85. The maximum atomic E-state index is 12.2. The number of carbonyl (C=O) groups is 2. The van der Waals surface area contributed by atoms with Crippen LogP contribution in [0, 0.1) is 0 Å². The Kier molecular flexibility index (Phi) is 5.07. The van der Waals surface area contributed by atoms with Gasteiger partial charge < -0.3 is 19.8 Å². The Morgan fingerprint density at radius 1 is 0.667 bits per heavy atom. The van der Waals surface area contributed by atoms with E-state index < -0.39 is 42.8 Å². The molecule has 0 saturated carbocycles. The van der Waals surface area contributed by atoms with Gasteiger partial charge in [-0.3, -0.25) is 0 Å². The molecule has 0 bridgehead atoms. The molecule has 0 saturated heterocycles. The summed E-state index contributed by atoms with van der Waals surface area (Å²) in [6, 6.07) is 0. The topological polar surface area (TPSA) is 80.3 Å². The van der Waals surface area contributed by atoms with Crippen LogP contribution < -0.4 is 10.2 Å². The van der Waals surface area contributed by atoms with Gasteiger partial charge in [0.05, 0.1) is 16.1 Å². The number of aliphatic carboxylic acids is 2. The standard InChI is InChI=1S/C15H32O4Si2/c1-13(2,3)20(7,8)15(11(16)17,12(18)19)21(9,10)14(4,5)6/h1-10H3,(H,16,17)(H,18,19)/p-2. The zero-order chi connectivity index (χ0) is 17.7. The first-order valence-corrected chi connectivity index (χ1v) is 13.3. The van der Waals surface area contributed by atoms with Crippen molar-refractivity contribution >= 4 is 28.1 Å². The van der Waals surface area contributed by atoms with Crippen LogP contribution in [0.2, 0.25) is 40.9 Å². The normalized spacial score (nSPS) is 15.0. The van der Waals surface area contributed by atoms with Crippen molar-refractivity contribution in [3.8, 4) is 0 Å². The fraction of sp³-hybridized carbons (Fsp3) is 0.867. The Hall–Kier alpha value is -0.626. The SMILES string of the molecule is CC(C)(C)[Si](C)(C)C(C(=O)[O-])(C(=O)[O-])[Si](C)(C)C(C)(C)C. The monoisotopic (exact) mass is 330 g/mol. The predicted molar refractivity (Wildman–Crippen MR) is 87.1 cm³/mol. The second kappa shape index (κ2) is 5.23.